The minimum Gasteiger partial charge on any atom is -0.479 e. The molecule has 0 saturated carbocycles. The molecular formula is C12H22O7. The second kappa shape index (κ2) is 6.62. The SMILES string of the molecule is CCCCCC[C@]1(O)O[C@H](C(=O)O)[C@H](O)[C@H](O)[C@H]1O. The molecule has 0 aliphatic carbocycles. The third-order valence-corrected chi connectivity index (χ3v) is 3.41. The average molecular weight is 278 g/mol. The van der Waals surface area contributed by atoms with Crippen molar-refractivity contribution in [1.82, 2.24) is 0 Å². The van der Waals surface area contributed by atoms with Crippen LogP contribution in [0.25, 0.3) is 0 Å². The summed E-state index contributed by atoms with van der Waals surface area (Å²) in [7, 11) is 0. The van der Waals surface area contributed by atoms with Crippen LogP contribution < -0.4 is 0 Å². The van der Waals surface area contributed by atoms with E-state index in [4.69, 9.17) is 9.84 Å². The van der Waals surface area contributed by atoms with Crippen LogP contribution in [0.15, 0.2) is 0 Å². The molecule has 0 spiro atoms. The Labute approximate surface area is 111 Å². The van der Waals surface area contributed by atoms with Gasteiger partial charge in [-0.2, -0.15) is 0 Å². The minimum absolute atomic E-state index is 0.00171. The predicted octanol–water partition coefficient (Wildman–Crippen LogP) is -0.789. The molecule has 1 rings (SSSR count). The first-order chi connectivity index (χ1) is 8.83. The van der Waals surface area contributed by atoms with Gasteiger partial charge in [-0.15, -0.1) is 0 Å². The van der Waals surface area contributed by atoms with E-state index in [-0.39, 0.29) is 6.42 Å². The Hall–Kier alpha value is -0.730. The zero-order chi connectivity index (χ0) is 14.6. The number of unbranched alkanes of at least 4 members (excludes halogenated alkanes) is 3. The van der Waals surface area contributed by atoms with Gasteiger partial charge in [-0.1, -0.05) is 26.2 Å². The highest BCUT2D eigenvalue weighted by atomic mass is 16.7. The van der Waals surface area contributed by atoms with Crippen molar-refractivity contribution in [2.45, 2.75) is 69.2 Å². The van der Waals surface area contributed by atoms with E-state index in [1.165, 1.54) is 0 Å². The van der Waals surface area contributed by atoms with Crippen LogP contribution in [0.5, 0.6) is 0 Å². The average Bonchev–Trinajstić information content (AvgIpc) is 2.37. The highest BCUT2D eigenvalue weighted by molar-refractivity contribution is 5.73. The molecule has 0 bridgehead atoms. The predicted molar refractivity (Wildman–Crippen MR) is 64.2 cm³/mol. The summed E-state index contributed by atoms with van der Waals surface area (Å²) in [5.41, 5.74) is 0. The van der Waals surface area contributed by atoms with E-state index in [9.17, 15) is 25.2 Å². The Morgan fingerprint density at radius 2 is 1.79 bits per heavy atom. The highest BCUT2D eigenvalue weighted by Gasteiger charge is 2.54. The van der Waals surface area contributed by atoms with Crippen molar-refractivity contribution in [2.24, 2.45) is 0 Å². The molecule has 0 aromatic carbocycles. The Balaban J connectivity index is 2.71. The van der Waals surface area contributed by atoms with Crippen LogP contribution >= 0.6 is 0 Å². The molecule has 0 unspecified atom stereocenters. The van der Waals surface area contributed by atoms with Gasteiger partial charge in [0.15, 0.2) is 11.9 Å². The topological polar surface area (TPSA) is 127 Å². The van der Waals surface area contributed by atoms with Gasteiger partial charge in [-0.25, -0.2) is 4.79 Å². The number of hydrogen-bond acceptors (Lipinski definition) is 6. The van der Waals surface area contributed by atoms with Gasteiger partial charge in [0.2, 0.25) is 0 Å². The van der Waals surface area contributed by atoms with Gasteiger partial charge in [0.05, 0.1) is 0 Å². The first-order valence-electron chi connectivity index (χ1n) is 6.50. The smallest absolute Gasteiger partial charge is 0.335 e. The number of aliphatic carboxylic acids is 1. The van der Waals surface area contributed by atoms with Crippen LogP contribution in [0.3, 0.4) is 0 Å². The maximum Gasteiger partial charge on any atom is 0.335 e. The van der Waals surface area contributed by atoms with Gasteiger partial charge in [0.1, 0.15) is 18.3 Å². The lowest BCUT2D eigenvalue weighted by Crippen LogP contribution is -2.66. The van der Waals surface area contributed by atoms with Gasteiger partial charge < -0.3 is 30.3 Å². The molecule has 5 atom stereocenters. The molecule has 7 heteroatoms. The van der Waals surface area contributed by atoms with E-state index in [2.05, 4.69) is 0 Å². The second-order valence-corrected chi connectivity index (χ2v) is 4.96. The van der Waals surface area contributed by atoms with E-state index in [1.54, 1.807) is 0 Å². The Bertz CT molecular complexity index is 308. The molecule has 7 nitrogen and oxygen atoms in total. The molecule has 1 aliphatic rings. The number of carboxylic acids is 1. The molecule has 1 fully saturated rings. The summed E-state index contributed by atoms with van der Waals surface area (Å²) in [6, 6.07) is 0. The number of hydrogen-bond donors (Lipinski definition) is 5. The molecule has 1 aliphatic heterocycles. The maximum atomic E-state index is 10.9. The summed E-state index contributed by atoms with van der Waals surface area (Å²) in [5.74, 6) is -3.64. The third kappa shape index (κ3) is 3.64. The van der Waals surface area contributed by atoms with Crippen LogP contribution in [0.1, 0.15) is 39.0 Å². The van der Waals surface area contributed by atoms with E-state index < -0.39 is 36.2 Å². The molecule has 1 heterocycles. The molecule has 112 valence electrons. The van der Waals surface area contributed by atoms with E-state index in [0.717, 1.165) is 19.3 Å². The number of rotatable bonds is 6. The highest BCUT2D eigenvalue weighted by Crippen LogP contribution is 2.32. The lowest BCUT2D eigenvalue weighted by atomic mass is 9.89. The van der Waals surface area contributed by atoms with Gasteiger partial charge >= 0.3 is 5.97 Å². The summed E-state index contributed by atoms with van der Waals surface area (Å²) in [6.45, 7) is 2.02. The van der Waals surface area contributed by atoms with Crippen molar-refractivity contribution in [1.29, 1.82) is 0 Å². The van der Waals surface area contributed by atoms with Crippen molar-refractivity contribution in [3.63, 3.8) is 0 Å². The fourth-order valence-electron chi connectivity index (χ4n) is 2.20. The van der Waals surface area contributed by atoms with Gasteiger partial charge in [-0.05, 0) is 6.42 Å². The lowest BCUT2D eigenvalue weighted by Gasteiger charge is -2.44. The van der Waals surface area contributed by atoms with Crippen molar-refractivity contribution in [3.8, 4) is 0 Å². The quantitative estimate of drug-likeness (QED) is 0.403. The molecular weight excluding hydrogens is 256 g/mol. The van der Waals surface area contributed by atoms with Crippen molar-refractivity contribution >= 4 is 5.97 Å². The first kappa shape index (κ1) is 16.3. The van der Waals surface area contributed by atoms with Gasteiger partial charge in [0.25, 0.3) is 0 Å². The molecule has 0 radical (unpaired) electrons. The van der Waals surface area contributed by atoms with E-state index in [1.807, 2.05) is 6.92 Å². The Kier molecular flexibility index (Phi) is 5.69. The number of ether oxygens (including phenoxy) is 1. The molecule has 5 N–H and O–H groups in total. The Morgan fingerprint density at radius 1 is 1.16 bits per heavy atom. The monoisotopic (exact) mass is 278 g/mol. The summed E-state index contributed by atoms with van der Waals surface area (Å²) >= 11 is 0. The minimum atomic E-state index is -2.14. The number of aliphatic hydroxyl groups excluding tert-OH is 3. The number of aliphatic hydroxyl groups is 4. The first-order valence-corrected chi connectivity index (χ1v) is 6.50. The summed E-state index contributed by atoms with van der Waals surface area (Å²) in [4.78, 5) is 10.9. The molecule has 0 amide bonds. The summed E-state index contributed by atoms with van der Waals surface area (Å²) in [5, 5.41) is 47.8. The zero-order valence-corrected chi connectivity index (χ0v) is 10.9. The van der Waals surface area contributed by atoms with E-state index >= 15 is 0 Å². The molecule has 1 saturated heterocycles. The van der Waals surface area contributed by atoms with Crippen LogP contribution in [0.4, 0.5) is 0 Å². The van der Waals surface area contributed by atoms with Crippen LogP contribution in [-0.2, 0) is 9.53 Å². The normalized spacial score (nSPS) is 39.2. The fraction of sp³-hybridized carbons (Fsp3) is 0.917. The zero-order valence-electron chi connectivity index (χ0n) is 10.9. The van der Waals surface area contributed by atoms with Crippen molar-refractivity contribution < 1.29 is 35.1 Å². The van der Waals surface area contributed by atoms with Crippen LogP contribution in [-0.4, -0.2) is 61.7 Å². The second-order valence-electron chi connectivity index (χ2n) is 4.96. The Morgan fingerprint density at radius 3 is 2.32 bits per heavy atom. The fourth-order valence-corrected chi connectivity index (χ4v) is 2.20. The summed E-state index contributed by atoms with van der Waals surface area (Å²) in [6.07, 6.45) is -3.77. The van der Waals surface area contributed by atoms with Gasteiger partial charge in [-0.3, -0.25) is 0 Å². The molecule has 19 heavy (non-hydrogen) atoms. The molecule has 0 aromatic heterocycles. The van der Waals surface area contributed by atoms with Crippen molar-refractivity contribution in [2.75, 3.05) is 0 Å². The van der Waals surface area contributed by atoms with Crippen LogP contribution in [0.2, 0.25) is 0 Å². The largest absolute Gasteiger partial charge is 0.479 e. The number of carboxylic acid groups (broad SMARTS) is 1. The lowest BCUT2D eigenvalue weighted by molar-refractivity contribution is -0.343. The van der Waals surface area contributed by atoms with Crippen LogP contribution in [0, 0.1) is 0 Å². The maximum absolute atomic E-state index is 10.9. The third-order valence-electron chi connectivity index (χ3n) is 3.41. The van der Waals surface area contributed by atoms with E-state index in [0.29, 0.717) is 6.42 Å². The van der Waals surface area contributed by atoms with Crippen molar-refractivity contribution in [3.05, 3.63) is 0 Å². The number of carbonyl (C=O) groups is 1. The summed E-state index contributed by atoms with van der Waals surface area (Å²) < 4.78 is 4.91. The van der Waals surface area contributed by atoms with Gasteiger partial charge in [0, 0.05) is 6.42 Å². The molecule has 0 aromatic rings. The standard InChI is InChI=1S/C12H22O7/c1-2-3-4-5-6-12(18)10(15)8(14)7(13)9(19-12)11(16)17/h7-10,13-15,18H,2-6H2,1H3,(H,16,17)/t7-,8+,9+,10-,12+/m1/s1.